The number of carbonyl (C=O) groups is 2. The molecule has 1 saturated heterocycles. The van der Waals surface area contributed by atoms with Crippen molar-refractivity contribution < 1.29 is 19.4 Å². The van der Waals surface area contributed by atoms with Crippen LogP contribution in [-0.4, -0.2) is 48.6 Å². The van der Waals surface area contributed by atoms with Crippen LogP contribution >= 0.6 is 0 Å². The maximum atomic E-state index is 12.4. The fourth-order valence-electron chi connectivity index (χ4n) is 2.86. The summed E-state index contributed by atoms with van der Waals surface area (Å²) in [5, 5.41) is 21.2. The number of nitrogens with zero attached hydrogens (tertiary/aromatic N) is 2. The Morgan fingerprint density at radius 2 is 2.15 bits per heavy atom. The molecule has 0 spiro atoms. The molecule has 2 N–H and O–H groups in total. The number of carboxylic acids is 1. The molecule has 2 rings (SSSR count). The van der Waals surface area contributed by atoms with E-state index in [1.54, 1.807) is 7.11 Å². The van der Waals surface area contributed by atoms with Gasteiger partial charge in [0.25, 0.3) is 5.91 Å². The van der Waals surface area contributed by atoms with E-state index in [-0.39, 0.29) is 11.5 Å². The first-order valence-electron chi connectivity index (χ1n) is 8.53. The van der Waals surface area contributed by atoms with Crippen molar-refractivity contribution in [3.05, 3.63) is 41.6 Å². The van der Waals surface area contributed by atoms with Crippen LogP contribution in [0.25, 0.3) is 0 Å². The molecule has 0 radical (unpaired) electrons. The van der Waals surface area contributed by atoms with Gasteiger partial charge in [-0.25, -0.2) is 0 Å². The predicted molar refractivity (Wildman–Crippen MR) is 95.3 cm³/mol. The molecule has 1 amide bonds. The van der Waals surface area contributed by atoms with Gasteiger partial charge in [0.15, 0.2) is 0 Å². The Balaban J connectivity index is 1.84. The minimum absolute atomic E-state index is 0.0319. The van der Waals surface area contributed by atoms with E-state index in [9.17, 15) is 14.9 Å². The molecular formula is C19H23N3O4. The van der Waals surface area contributed by atoms with E-state index in [0.717, 1.165) is 17.7 Å². The smallest absolute Gasteiger partial charge is 0.306 e. The number of carboxylic acid groups (broad SMARTS) is 1. The number of amides is 1. The Hall–Kier alpha value is -3.01. The van der Waals surface area contributed by atoms with E-state index >= 15 is 0 Å². The first-order chi connectivity index (χ1) is 12.5. The van der Waals surface area contributed by atoms with Crippen molar-refractivity contribution in [2.75, 3.05) is 26.7 Å². The highest BCUT2D eigenvalue weighted by Crippen LogP contribution is 2.18. The summed E-state index contributed by atoms with van der Waals surface area (Å²) in [5.74, 6) is -0.803. The zero-order chi connectivity index (χ0) is 18.9. The van der Waals surface area contributed by atoms with Gasteiger partial charge in [0.05, 0.1) is 13.0 Å². The number of methoxy groups -OCH3 is 1. The van der Waals surface area contributed by atoms with Crippen LogP contribution in [0.15, 0.2) is 36.0 Å². The monoisotopic (exact) mass is 357 g/mol. The summed E-state index contributed by atoms with van der Waals surface area (Å²) in [6.45, 7) is 1.30. The van der Waals surface area contributed by atoms with Gasteiger partial charge in [0.2, 0.25) is 0 Å². The second-order valence-electron chi connectivity index (χ2n) is 6.13. The number of aliphatic carboxylic acids is 1. The third-order valence-corrected chi connectivity index (χ3v) is 4.42. The highest BCUT2D eigenvalue weighted by atomic mass is 16.5. The average molecular weight is 357 g/mol. The van der Waals surface area contributed by atoms with Crippen LogP contribution in [0, 0.1) is 17.2 Å². The zero-order valence-electron chi connectivity index (χ0n) is 14.8. The normalized spacial score (nSPS) is 15.2. The van der Waals surface area contributed by atoms with Gasteiger partial charge in [-0.15, -0.1) is 0 Å². The molecule has 7 heteroatoms. The van der Waals surface area contributed by atoms with Crippen LogP contribution in [0.2, 0.25) is 0 Å². The van der Waals surface area contributed by atoms with Crippen molar-refractivity contribution in [2.24, 2.45) is 5.92 Å². The number of likely N-dealkylation sites (tertiary alicyclic amines) is 1. The molecule has 0 saturated carbocycles. The number of carbonyl (C=O) groups excluding carboxylic acids is 1. The van der Waals surface area contributed by atoms with Gasteiger partial charge in [-0.3, -0.25) is 9.59 Å². The molecule has 7 nitrogen and oxygen atoms in total. The predicted octanol–water partition coefficient (Wildman–Crippen LogP) is 1.56. The Kier molecular flexibility index (Phi) is 7.03. The summed E-state index contributed by atoms with van der Waals surface area (Å²) >= 11 is 0. The lowest BCUT2D eigenvalue weighted by atomic mass is 9.97. The Morgan fingerprint density at radius 3 is 2.77 bits per heavy atom. The van der Waals surface area contributed by atoms with Gasteiger partial charge in [0, 0.05) is 25.8 Å². The number of hydrogen-bond acceptors (Lipinski definition) is 5. The number of rotatable bonds is 7. The van der Waals surface area contributed by atoms with Gasteiger partial charge in [-0.05, 0) is 37.0 Å². The molecule has 0 aromatic heterocycles. The van der Waals surface area contributed by atoms with Crippen LogP contribution in [0.5, 0.6) is 5.75 Å². The van der Waals surface area contributed by atoms with E-state index in [4.69, 9.17) is 9.84 Å². The minimum atomic E-state index is -0.827. The number of hydrogen-bond donors (Lipinski definition) is 2. The molecule has 1 aromatic carbocycles. The van der Waals surface area contributed by atoms with E-state index in [1.807, 2.05) is 30.3 Å². The largest absolute Gasteiger partial charge is 0.497 e. The van der Waals surface area contributed by atoms with Gasteiger partial charge in [-0.2, -0.15) is 5.26 Å². The Morgan fingerprint density at radius 1 is 1.42 bits per heavy atom. The number of ether oxygens (including phenoxy) is 1. The fourth-order valence-corrected chi connectivity index (χ4v) is 2.86. The number of nitriles is 1. The molecule has 0 aliphatic carbocycles. The van der Waals surface area contributed by atoms with Crippen molar-refractivity contribution in [1.82, 2.24) is 10.2 Å². The molecule has 26 heavy (non-hydrogen) atoms. The summed E-state index contributed by atoms with van der Waals surface area (Å²) < 4.78 is 5.18. The molecular weight excluding hydrogens is 334 g/mol. The molecule has 138 valence electrons. The quantitative estimate of drug-likeness (QED) is 0.436. The van der Waals surface area contributed by atoms with Crippen molar-refractivity contribution in [3.63, 3.8) is 0 Å². The van der Waals surface area contributed by atoms with Crippen LogP contribution in [0.1, 0.15) is 18.4 Å². The summed E-state index contributed by atoms with van der Waals surface area (Å²) in [6.07, 6.45) is 3.00. The standard InChI is InChI=1S/C19H23N3O4/c1-26-17-4-2-3-14(11-17)5-8-21-13-16(12-20)18(23)22-9-6-15(7-10-22)19(24)25/h2-4,11,13,15,21H,5-10H2,1H3,(H,24,25)/b16-13-. The molecule has 0 unspecified atom stereocenters. The van der Waals surface area contributed by atoms with Gasteiger partial charge in [-0.1, -0.05) is 12.1 Å². The summed E-state index contributed by atoms with van der Waals surface area (Å²) in [7, 11) is 1.62. The zero-order valence-corrected chi connectivity index (χ0v) is 14.8. The average Bonchev–Trinajstić information content (AvgIpc) is 2.68. The maximum Gasteiger partial charge on any atom is 0.306 e. The van der Waals surface area contributed by atoms with Crippen molar-refractivity contribution in [3.8, 4) is 11.8 Å². The summed E-state index contributed by atoms with van der Waals surface area (Å²) in [5.41, 5.74) is 1.12. The Labute approximate surface area is 152 Å². The first-order valence-corrected chi connectivity index (χ1v) is 8.53. The topological polar surface area (TPSA) is 103 Å². The lowest BCUT2D eigenvalue weighted by Crippen LogP contribution is -2.41. The summed E-state index contributed by atoms with van der Waals surface area (Å²) in [6, 6.07) is 9.63. The van der Waals surface area contributed by atoms with E-state index in [2.05, 4.69) is 5.32 Å². The third kappa shape index (κ3) is 5.24. The Bertz CT molecular complexity index is 716. The fraction of sp³-hybridized carbons (Fsp3) is 0.421. The highest BCUT2D eigenvalue weighted by Gasteiger charge is 2.28. The second-order valence-corrected chi connectivity index (χ2v) is 6.13. The van der Waals surface area contributed by atoms with E-state index in [1.165, 1.54) is 11.1 Å². The molecule has 0 bridgehead atoms. The second kappa shape index (κ2) is 9.47. The molecule has 1 fully saturated rings. The minimum Gasteiger partial charge on any atom is -0.497 e. The van der Waals surface area contributed by atoms with Crippen molar-refractivity contribution in [2.45, 2.75) is 19.3 Å². The van der Waals surface area contributed by atoms with Crippen LogP contribution in [-0.2, 0) is 16.0 Å². The van der Waals surface area contributed by atoms with Crippen molar-refractivity contribution in [1.29, 1.82) is 5.26 Å². The molecule has 0 atom stereocenters. The molecule has 1 aromatic rings. The number of piperidine rings is 1. The molecule has 1 aliphatic rings. The molecule has 1 aliphatic heterocycles. The number of benzene rings is 1. The highest BCUT2D eigenvalue weighted by molar-refractivity contribution is 5.97. The maximum absolute atomic E-state index is 12.4. The van der Waals surface area contributed by atoms with E-state index in [0.29, 0.717) is 32.5 Å². The van der Waals surface area contributed by atoms with Crippen LogP contribution in [0.3, 0.4) is 0 Å². The first kappa shape index (κ1) is 19.3. The van der Waals surface area contributed by atoms with Crippen LogP contribution < -0.4 is 10.1 Å². The van der Waals surface area contributed by atoms with E-state index < -0.39 is 11.9 Å². The molecule has 1 heterocycles. The lowest BCUT2D eigenvalue weighted by Gasteiger charge is -2.29. The van der Waals surface area contributed by atoms with Crippen LogP contribution in [0.4, 0.5) is 0 Å². The number of nitrogens with one attached hydrogen (secondary N) is 1. The third-order valence-electron chi connectivity index (χ3n) is 4.42. The lowest BCUT2D eigenvalue weighted by molar-refractivity contribution is -0.145. The van der Waals surface area contributed by atoms with Gasteiger partial charge >= 0.3 is 5.97 Å². The summed E-state index contributed by atoms with van der Waals surface area (Å²) in [4.78, 5) is 24.9. The van der Waals surface area contributed by atoms with Gasteiger partial charge < -0.3 is 20.1 Å². The van der Waals surface area contributed by atoms with Gasteiger partial charge in [0.1, 0.15) is 17.4 Å². The van der Waals surface area contributed by atoms with Crippen molar-refractivity contribution >= 4 is 11.9 Å². The SMILES string of the molecule is COc1cccc(CCN/C=C(/C#N)C(=O)N2CCC(C(=O)O)CC2)c1.